The van der Waals surface area contributed by atoms with Gasteiger partial charge in [-0.15, -0.1) is 0 Å². The summed E-state index contributed by atoms with van der Waals surface area (Å²) in [6, 6.07) is 2.11. The predicted molar refractivity (Wildman–Crippen MR) is 59.4 cm³/mol. The standard InChI is InChI=1S/C11H19N3O2/c1-8(5-12)7-14(2)11(15)10-4-3-9(6-13)16-10/h8-10H,3-4,6-7,13H2,1-2H3. The van der Waals surface area contributed by atoms with Crippen molar-refractivity contribution in [2.75, 3.05) is 20.1 Å². The van der Waals surface area contributed by atoms with Gasteiger partial charge in [-0.1, -0.05) is 0 Å². The van der Waals surface area contributed by atoms with Crippen LogP contribution < -0.4 is 5.73 Å². The van der Waals surface area contributed by atoms with Gasteiger partial charge in [0.2, 0.25) is 0 Å². The van der Waals surface area contributed by atoms with Crippen molar-refractivity contribution in [3.8, 4) is 6.07 Å². The van der Waals surface area contributed by atoms with Crippen LogP contribution in [0.1, 0.15) is 19.8 Å². The molecule has 3 unspecified atom stereocenters. The third kappa shape index (κ3) is 3.19. The molecule has 5 nitrogen and oxygen atoms in total. The lowest BCUT2D eigenvalue weighted by molar-refractivity contribution is -0.141. The summed E-state index contributed by atoms with van der Waals surface area (Å²) in [7, 11) is 1.70. The van der Waals surface area contributed by atoms with Crippen LogP contribution in [0, 0.1) is 17.2 Å². The molecule has 1 aliphatic rings. The van der Waals surface area contributed by atoms with Gasteiger partial charge in [-0.2, -0.15) is 5.26 Å². The molecule has 0 spiro atoms. The topological polar surface area (TPSA) is 79.4 Å². The maximum absolute atomic E-state index is 11.9. The highest BCUT2D eigenvalue weighted by atomic mass is 16.5. The Bertz CT molecular complexity index is 287. The minimum absolute atomic E-state index is 0.00994. The molecule has 1 heterocycles. The first-order valence-electron chi connectivity index (χ1n) is 5.58. The van der Waals surface area contributed by atoms with Crippen molar-refractivity contribution in [1.82, 2.24) is 4.90 Å². The highest BCUT2D eigenvalue weighted by molar-refractivity contribution is 5.81. The SMILES string of the molecule is CC(C#N)CN(C)C(=O)C1CCC(CN)O1. The number of rotatable bonds is 4. The summed E-state index contributed by atoms with van der Waals surface area (Å²) in [4.78, 5) is 13.5. The van der Waals surface area contributed by atoms with E-state index in [1.807, 2.05) is 0 Å². The maximum Gasteiger partial charge on any atom is 0.251 e. The highest BCUT2D eigenvalue weighted by Gasteiger charge is 2.31. The van der Waals surface area contributed by atoms with E-state index in [2.05, 4.69) is 6.07 Å². The average Bonchev–Trinajstić information content (AvgIpc) is 2.76. The fourth-order valence-electron chi connectivity index (χ4n) is 1.85. The minimum Gasteiger partial charge on any atom is -0.364 e. The number of hydrogen-bond donors (Lipinski definition) is 1. The summed E-state index contributed by atoms with van der Waals surface area (Å²) >= 11 is 0. The van der Waals surface area contributed by atoms with Crippen molar-refractivity contribution in [1.29, 1.82) is 5.26 Å². The number of amides is 1. The summed E-state index contributed by atoms with van der Waals surface area (Å²) in [5.41, 5.74) is 5.48. The van der Waals surface area contributed by atoms with Gasteiger partial charge in [-0.05, 0) is 19.8 Å². The Balaban J connectivity index is 2.43. The van der Waals surface area contributed by atoms with Crippen LogP contribution in [0.2, 0.25) is 0 Å². The lowest BCUT2D eigenvalue weighted by Gasteiger charge is -2.22. The van der Waals surface area contributed by atoms with Crippen molar-refractivity contribution in [2.24, 2.45) is 11.7 Å². The van der Waals surface area contributed by atoms with Gasteiger partial charge in [-0.3, -0.25) is 4.79 Å². The third-order valence-corrected chi connectivity index (χ3v) is 2.79. The van der Waals surface area contributed by atoms with Gasteiger partial charge in [0.05, 0.1) is 18.1 Å². The van der Waals surface area contributed by atoms with E-state index in [0.717, 1.165) is 12.8 Å². The molecule has 0 aromatic rings. The first kappa shape index (κ1) is 12.9. The summed E-state index contributed by atoms with van der Waals surface area (Å²) in [6.45, 7) is 2.70. The lowest BCUT2D eigenvalue weighted by Crippen LogP contribution is -2.39. The van der Waals surface area contributed by atoms with Gasteiger partial charge >= 0.3 is 0 Å². The quantitative estimate of drug-likeness (QED) is 0.736. The van der Waals surface area contributed by atoms with E-state index in [1.165, 1.54) is 0 Å². The number of nitrogens with two attached hydrogens (primary N) is 1. The van der Waals surface area contributed by atoms with Gasteiger partial charge in [0.25, 0.3) is 5.91 Å². The van der Waals surface area contributed by atoms with Crippen LogP contribution >= 0.6 is 0 Å². The molecule has 0 aliphatic carbocycles. The van der Waals surface area contributed by atoms with E-state index >= 15 is 0 Å². The van der Waals surface area contributed by atoms with Crippen LogP contribution in [-0.2, 0) is 9.53 Å². The Kier molecular flexibility index (Phi) is 4.71. The zero-order chi connectivity index (χ0) is 12.1. The Morgan fingerprint density at radius 3 is 2.88 bits per heavy atom. The van der Waals surface area contributed by atoms with E-state index < -0.39 is 0 Å². The smallest absolute Gasteiger partial charge is 0.251 e. The molecule has 1 rings (SSSR count). The molecule has 1 saturated heterocycles. The van der Waals surface area contributed by atoms with Gasteiger partial charge in [0.1, 0.15) is 6.10 Å². The van der Waals surface area contributed by atoms with E-state index in [1.54, 1.807) is 18.9 Å². The molecule has 0 aromatic carbocycles. The monoisotopic (exact) mass is 225 g/mol. The molecule has 3 atom stereocenters. The van der Waals surface area contributed by atoms with Gasteiger partial charge in [0.15, 0.2) is 0 Å². The normalized spacial score (nSPS) is 26.1. The van der Waals surface area contributed by atoms with Crippen LogP contribution in [-0.4, -0.2) is 43.2 Å². The molecular weight excluding hydrogens is 206 g/mol. The second kappa shape index (κ2) is 5.83. The van der Waals surface area contributed by atoms with E-state index in [0.29, 0.717) is 13.1 Å². The molecule has 0 radical (unpaired) electrons. The number of nitrogens with zero attached hydrogens (tertiary/aromatic N) is 2. The first-order chi connectivity index (χ1) is 7.58. The van der Waals surface area contributed by atoms with Gasteiger partial charge < -0.3 is 15.4 Å². The maximum atomic E-state index is 11.9. The van der Waals surface area contributed by atoms with Crippen molar-refractivity contribution in [3.05, 3.63) is 0 Å². The number of carbonyl (C=O) groups excluding carboxylic acids is 1. The van der Waals surface area contributed by atoms with E-state index in [9.17, 15) is 4.79 Å². The fourth-order valence-corrected chi connectivity index (χ4v) is 1.85. The zero-order valence-electron chi connectivity index (χ0n) is 9.85. The number of likely N-dealkylation sites (N-methyl/N-ethyl adjacent to an activating group) is 1. The van der Waals surface area contributed by atoms with E-state index in [-0.39, 0.29) is 24.0 Å². The highest BCUT2D eigenvalue weighted by Crippen LogP contribution is 2.20. The Labute approximate surface area is 96.2 Å². The molecule has 5 heteroatoms. The van der Waals surface area contributed by atoms with Gasteiger partial charge in [0, 0.05) is 20.1 Å². The predicted octanol–water partition coefficient (Wildman–Crippen LogP) is 0.111. The molecule has 2 N–H and O–H groups in total. The molecule has 1 fully saturated rings. The summed E-state index contributed by atoms with van der Waals surface area (Å²) in [5.74, 6) is -0.196. The Hall–Kier alpha value is -1.12. The lowest BCUT2D eigenvalue weighted by atomic mass is 10.1. The average molecular weight is 225 g/mol. The minimum atomic E-state index is -0.371. The number of nitriles is 1. The molecule has 16 heavy (non-hydrogen) atoms. The van der Waals surface area contributed by atoms with Crippen LogP contribution in [0.25, 0.3) is 0 Å². The summed E-state index contributed by atoms with van der Waals surface area (Å²) in [6.07, 6.45) is 1.21. The van der Waals surface area contributed by atoms with Crippen molar-refractivity contribution >= 4 is 5.91 Å². The second-order valence-electron chi connectivity index (χ2n) is 4.31. The fraction of sp³-hybridized carbons (Fsp3) is 0.818. The third-order valence-electron chi connectivity index (χ3n) is 2.79. The molecule has 1 aliphatic heterocycles. The number of hydrogen-bond acceptors (Lipinski definition) is 4. The molecular formula is C11H19N3O2. The van der Waals surface area contributed by atoms with Crippen molar-refractivity contribution in [2.45, 2.75) is 32.0 Å². The molecule has 0 aromatic heterocycles. The van der Waals surface area contributed by atoms with E-state index in [4.69, 9.17) is 15.7 Å². The number of ether oxygens (including phenoxy) is 1. The molecule has 0 saturated carbocycles. The summed E-state index contributed by atoms with van der Waals surface area (Å²) in [5, 5.41) is 8.68. The summed E-state index contributed by atoms with van der Waals surface area (Å²) < 4.78 is 5.51. The first-order valence-corrected chi connectivity index (χ1v) is 5.58. The largest absolute Gasteiger partial charge is 0.364 e. The van der Waals surface area contributed by atoms with Crippen molar-refractivity contribution in [3.63, 3.8) is 0 Å². The second-order valence-corrected chi connectivity index (χ2v) is 4.31. The van der Waals surface area contributed by atoms with Gasteiger partial charge in [-0.25, -0.2) is 0 Å². The molecule has 0 bridgehead atoms. The van der Waals surface area contributed by atoms with Crippen LogP contribution in [0.3, 0.4) is 0 Å². The van der Waals surface area contributed by atoms with Crippen LogP contribution in [0.15, 0.2) is 0 Å². The van der Waals surface area contributed by atoms with Crippen LogP contribution in [0.4, 0.5) is 0 Å². The Morgan fingerprint density at radius 2 is 2.38 bits per heavy atom. The molecule has 90 valence electrons. The molecule has 1 amide bonds. The number of carbonyl (C=O) groups is 1. The zero-order valence-corrected chi connectivity index (χ0v) is 9.85. The Morgan fingerprint density at radius 1 is 1.69 bits per heavy atom. The van der Waals surface area contributed by atoms with Crippen LogP contribution in [0.5, 0.6) is 0 Å². The van der Waals surface area contributed by atoms with Crippen molar-refractivity contribution < 1.29 is 9.53 Å².